The minimum Gasteiger partial charge on any atom is -0.389 e. The number of nitrogens with one attached hydrogen (secondary N) is 2. The number of halogens is 6. The van der Waals surface area contributed by atoms with Crippen molar-refractivity contribution in [1.29, 1.82) is 0 Å². The van der Waals surface area contributed by atoms with Crippen LogP contribution in [0.3, 0.4) is 0 Å². The summed E-state index contributed by atoms with van der Waals surface area (Å²) in [6.45, 7) is 3.43. The Morgan fingerprint density at radius 3 is 2.23 bits per heavy atom. The van der Waals surface area contributed by atoms with Crippen molar-refractivity contribution in [2.24, 2.45) is 0 Å². The van der Waals surface area contributed by atoms with Crippen molar-refractivity contribution in [3.63, 3.8) is 0 Å². The van der Waals surface area contributed by atoms with E-state index in [1.54, 1.807) is 4.90 Å². The second kappa shape index (κ2) is 10.2. The van der Waals surface area contributed by atoms with Crippen molar-refractivity contribution in [2.45, 2.75) is 82.5 Å². The van der Waals surface area contributed by atoms with E-state index in [9.17, 15) is 41.0 Å². The Morgan fingerprint density at radius 1 is 1.13 bits per heavy atom. The summed E-state index contributed by atoms with van der Waals surface area (Å²) in [5, 5.41) is 14.0. The lowest BCUT2D eigenvalue weighted by Gasteiger charge is -2.22. The van der Waals surface area contributed by atoms with E-state index in [1.165, 1.54) is 13.8 Å². The summed E-state index contributed by atoms with van der Waals surface area (Å²) in [7, 11) is 0. The van der Waals surface area contributed by atoms with Gasteiger partial charge in [-0.15, -0.1) is 11.3 Å². The molecule has 0 aliphatic carbocycles. The standard InChI is InChI=1S/C24H27F6N5O3S/c1-11(23(25,26)27)33-16-8-15(24(28,29)30)14(9-31-16)18-17(21(37)35-12-4-5-13(35)7-6-12)34-20(39-18)19(36)32-10-22(2,3)38/h8-9,11-13,38H,4-7,10H2,1-3H3,(H,31,33)(H,32,36). The van der Waals surface area contributed by atoms with Crippen molar-refractivity contribution < 1.29 is 41.0 Å². The van der Waals surface area contributed by atoms with E-state index in [4.69, 9.17) is 0 Å². The highest BCUT2D eigenvalue weighted by molar-refractivity contribution is 7.17. The predicted molar refractivity (Wildman–Crippen MR) is 130 cm³/mol. The SMILES string of the molecule is CC(Nc1cc(C(F)(F)F)c(-c2sc(C(=O)NCC(C)(C)O)nc2C(=O)N2C3CCC2CC3)cn1)C(F)(F)F. The Labute approximate surface area is 223 Å². The fourth-order valence-electron chi connectivity index (χ4n) is 4.74. The van der Waals surface area contributed by atoms with Gasteiger partial charge >= 0.3 is 12.4 Å². The number of rotatable bonds is 7. The molecule has 214 valence electrons. The molecule has 1 atom stereocenters. The van der Waals surface area contributed by atoms with Crippen molar-refractivity contribution in [3.8, 4) is 10.4 Å². The number of fused-ring (bicyclic) bond motifs is 2. The molecule has 0 aromatic carbocycles. The summed E-state index contributed by atoms with van der Waals surface area (Å²) < 4.78 is 81.4. The number of hydrogen-bond acceptors (Lipinski definition) is 7. The van der Waals surface area contributed by atoms with Gasteiger partial charge < -0.3 is 20.6 Å². The topological polar surface area (TPSA) is 107 Å². The molecule has 2 saturated heterocycles. The van der Waals surface area contributed by atoms with E-state index in [0.717, 1.165) is 38.8 Å². The van der Waals surface area contributed by atoms with E-state index >= 15 is 0 Å². The first-order chi connectivity index (χ1) is 18.0. The van der Waals surface area contributed by atoms with Crippen LogP contribution in [0.15, 0.2) is 12.3 Å². The number of aliphatic hydroxyl groups is 1. The summed E-state index contributed by atoms with van der Waals surface area (Å²) in [5.74, 6) is -2.08. The molecule has 3 N–H and O–H groups in total. The van der Waals surface area contributed by atoms with Gasteiger partial charge in [0.2, 0.25) is 0 Å². The molecule has 4 heterocycles. The molecule has 2 aromatic heterocycles. The number of pyridine rings is 1. The monoisotopic (exact) mass is 579 g/mol. The molecule has 2 fully saturated rings. The largest absolute Gasteiger partial charge is 0.417 e. The smallest absolute Gasteiger partial charge is 0.389 e. The average Bonchev–Trinajstić information content (AvgIpc) is 3.55. The van der Waals surface area contributed by atoms with Crippen molar-refractivity contribution in [3.05, 3.63) is 28.5 Å². The molecular weight excluding hydrogens is 552 g/mol. The van der Waals surface area contributed by atoms with Gasteiger partial charge in [-0.05, 0) is 52.5 Å². The Bertz CT molecular complexity index is 1240. The third kappa shape index (κ3) is 6.29. The average molecular weight is 580 g/mol. The Balaban J connectivity index is 1.79. The van der Waals surface area contributed by atoms with Crippen molar-refractivity contribution in [1.82, 2.24) is 20.2 Å². The minimum absolute atomic E-state index is 0.0832. The first-order valence-corrected chi connectivity index (χ1v) is 13.0. The summed E-state index contributed by atoms with van der Waals surface area (Å²) in [6, 6.07) is -1.89. The number of amides is 2. The second-order valence-electron chi connectivity index (χ2n) is 10.4. The molecule has 39 heavy (non-hydrogen) atoms. The van der Waals surface area contributed by atoms with Gasteiger partial charge in [0.15, 0.2) is 5.01 Å². The van der Waals surface area contributed by atoms with Crippen LogP contribution in [-0.2, 0) is 6.18 Å². The highest BCUT2D eigenvalue weighted by Gasteiger charge is 2.45. The van der Waals surface area contributed by atoms with Crippen molar-refractivity contribution in [2.75, 3.05) is 11.9 Å². The van der Waals surface area contributed by atoms with E-state index in [2.05, 4.69) is 15.3 Å². The number of carbonyl (C=O) groups is 2. The maximum Gasteiger partial charge on any atom is 0.417 e. The summed E-state index contributed by atoms with van der Waals surface area (Å²) in [5.41, 5.74) is -3.56. The van der Waals surface area contributed by atoms with Crippen LogP contribution in [0.5, 0.6) is 0 Å². The minimum atomic E-state index is -5.03. The first-order valence-electron chi connectivity index (χ1n) is 12.2. The van der Waals surface area contributed by atoms with Gasteiger partial charge in [0, 0.05) is 30.4 Å². The van der Waals surface area contributed by atoms with Crippen LogP contribution >= 0.6 is 11.3 Å². The molecule has 2 aliphatic rings. The normalized spacial score (nSPS) is 20.3. The van der Waals surface area contributed by atoms with Crippen LogP contribution in [0.4, 0.5) is 32.2 Å². The van der Waals surface area contributed by atoms with Crippen molar-refractivity contribution >= 4 is 29.0 Å². The zero-order valence-electron chi connectivity index (χ0n) is 21.2. The number of hydrogen-bond donors (Lipinski definition) is 3. The van der Waals surface area contributed by atoms with Crippen LogP contribution in [0.1, 0.15) is 72.3 Å². The Hall–Kier alpha value is -2.94. The van der Waals surface area contributed by atoms with E-state index in [-0.39, 0.29) is 34.2 Å². The molecule has 0 saturated carbocycles. The molecule has 2 aromatic rings. The number of aromatic nitrogens is 2. The van der Waals surface area contributed by atoms with Crippen LogP contribution in [0.2, 0.25) is 0 Å². The van der Waals surface area contributed by atoms with E-state index in [1.807, 2.05) is 5.32 Å². The van der Waals surface area contributed by atoms with Gasteiger partial charge in [0.25, 0.3) is 11.8 Å². The lowest BCUT2D eigenvalue weighted by molar-refractivity contribution is -0.138. The highest BCUT2D eigenvalue weighted by Crippen LogP contribution is 2.44. The lowest BCUT2D eigenvalue weighted by Crippen LogP contribution is -2.38. The fraction of sp³-hybridized carbons (Fsp3) is 0.583. The zero-order chi connectivity index (χ0) is 28.9. The fourth-order valence-corrected chi connectivity index (χ4v) is 5.73. The molecule has 15 heteroatoms. The summed E-state index contributed by atoms with van der Waals surface area (Å²) in [4.78, 5) is 35.6. The maximum absolute atomic E-state index is 14.2. The third-order valence-electron chi connectivity index (χ3n) is 6.70. The maximum atomic E-state index is 14.2. The first kappa shape index (κ1) is 29.1. The molecule has 2 amide bonds. The Morgan fingerprint density at radius 2 is 1.72 bits per heavy atom. The van der Waals surface area contributed by atoms with Crippen LogP contribution in [0, 0.1) is 0 Å². The quantitative estimate of drug-likeness (QED) is 0.405. The molecule has 1 unspecified atom stereocenters. The highest BCUT2D eigenvalue weighted by atomic mass is 32.1. The molecular formula is C24H27F6N5O3S. The van der Waals surface area contributed by atoms with Crippen LogP contribution in [-0.4, -0.2) is 68.2 Å². The molecule has 2 aliphatic heterocycles. The van der Waals surface area contributed by atoms with Gasteiger partial charge in [-0.3, -0.25) is 9.59 Å². The molecule has 4 rings (SSSR count). The van der Waals surface area contributed by atoms with Gasteiger partial charge in [0.1, 0.15) is 17.6 Å². The molecule has 0 radical (unpaired) electrons. The molecule has 0 spiro atoms. The lowest BCUT2D eigenvalue weighted by atomic mass is 10.0. The number of alkyl halides is 6. The third-order valence-corrected chi connectivity index (χ3v) is 7.79. The van der Waals surface area contributed by atoms with E-state index in [0.29, 0.717) is 17.4 Å². The summed E-state index contributed by atoms with van der Waals surface area (Å²) in [6.07, 6.45) is -6.02. The van der Waals surface area contributed by atoms with Gasteiger partial charge in [-0.25, -0.2) is 9.97 Å². The summed E-state index contributed by atoms with van der Waals surface area (Å²) >= 11 is 0.543. The van der Waals surface area contributed by atoms with Crippen LogP contribution in [0.25, 0.3) is 10.4 Å². The molecule has 2 bridgehead atoms. The van der Waals surface area contributed by atoms with E-state index < -0.39 is 52.8 Å². The zero-order valence-corrected chi connectivity index (χ0v) is 22.0. The number of thiazole rings is 1. The second-order valence-corrected chi connectivity index (χ2v) is 11.4. The Kier molecular flexibility index (Phi) is 7.62. The number of anilines is 1. The predicted octanol–water partition coefficient (Wildman–Crippen LogP) is 4.85. The molecule has 8 nitrogen and oxygen atoms in total. The van der Waals surface area contributed by atoms with Gasteiger partial charge in [-0.2, -0.15) is 26.3 Å². The number of nitrogens with zero attached hydrogens (tertiary/aromatic N) is 3. The van der Waals surface area contributed by atoms with Crippen LogP contribution < -0.4 is 10.6 Å². The van der Waals surface area contributed by atoms with Gasteiger partial charge in [0.05, 0.1) is 16.0 Å². The number of carbonyl (C=O) groups excluding carboxylic acids is 2. The van der Waals surface area contributed by atoms with Gasteiger partial charge in [-0.1, -0.05) is 0 Å².